The van der Waals surface area contributed by atoms with Crippen molar-refractivity contribution in [3.8, 4) is 0 Å². The van der Waals surface area contributed by atoms with Gasteiger partial charge in [0.25, 0.3) is 5.91 Å². The number of benzene rings is 2. The molecule has 0 radical (unpaired) electrons. The summed E-state index contributed by atoms with van der Waals surface area (Å²) in [5.74, 6) is -2.65. The van der Waals surface area contributed by atoms with Gasteiger partial charge in [0.05, 0.1) is 11.6 Å². The molecule has 0 fully saturated rings. The first-order valence-electron chi connectivity index (χ1n) is 9.12. The van der Waals surface area contributed by atoms with E-state index in [1.165, 1.54) is 6.07 Å². The van der Waals surface area contributed by atoms with E-state index in [1.807, 2.05) is 26.0 Å². The van der Waals surface area contributed by atoms with Gasteiger partial charge >= 0.3 is 5.97 Å². The Hall–Kier alpha value is -2.96. The minimum atomic E-state index is -0.752. The zero-order valence-electron chi connectivity index (χ0n) is 16.2. The van der Waals surface area contributed by atoms with E-state index in [0.29, 0.717) is 5.56 Å². The molecule has 0 aliphatic heterocycles. The fourth-order valence-corrected chi connectivity index (χ4v) is 2.83. The molecule has 2 aromatic carbocycles. The highest BCUT2D eigenvalue weighted by molar-refractivity contribution is 5.91. The van der Waals surface area contributed by atoms with Crippen LogP contribution in [0.5, 0.6) is 0 Å². The van der Waals surface area contributed by atoms with Crippen LogP contribution in [0.3, 0.4) is 0 Å². The lowest BCUT2D eigenvalue weighted by Gasteiger charge is -2.21. The molecule has 0 saturated heterocycles. The normalized spacial score (nSPS) is 11.6. The zero-order valence-corrected chi connectivity index (χ0v) is 16.2. The van der Waals surface area contributed by atoms with Gasteiger partial charge in [0.15, 0.2) is 6.61 Å². The van der Waals surface area contributed by atoms with Gasteiger partial charge in [-0.3, -0.25) is 4.79 Å². The number of hydrogen-bond acceptors (Lipinski definition) is 4. The lowest BCUT2D eigenvalue weighted by Crippen LogP contribution is -2.31. The number of ether oxygens (including phenoxy) is 1. The summed E-state index contributed by atoms with van der Waals surface area (Å²) in [6.07, 6.45) is 0. The van der Waals surface area contributed by atoms with E-state index in [9.17, 15) is 18.4 Å². The van der Waals surface area contributed by atoms with E-state index in [1.54, 1.807) is 19.1 Å². The van der Waals surface area contributed by atoms with Crippen molar-refractivity contribution in [1.82, 2.24) is 5.32 Å². The molecule has 0 bridgehead atoms. The summed E-state index contributed by atoms with van der Waals surface area (Å²) in [4.78, 5) is 26.2. The average Bonchev–Trinajstić information content (AvgIpc) is 2.67. The smallest absolute Gasteiger partial charge is 0.338 e. The third-order valence-electron chi connectivity index (χ3n) is 4.37. The van der Waals surface area contributed by atoms with Crippen LogP contribution in [0.2, 0.25) is 0 Å². The Morgan fingerprint density at radius 2 is 1.71 bits per heavy atom. The summed E-state index contributed by atoms with van der Waals surface area (Å²) < 4.78 is 31.7. The topological polar surface area (TPSA) is 58.6 Å². The zero-order chi connectivity index (χ0) is 20.7. The molecule has 1 amide bonds. The monoisotopic (exact) mass is 390 g/mol. The van der Waals surface area contributed by atoms with Gasteiger partial charge in [-0.15, -0.1) is 0 Å². The van der Waals surface area contributed by atoms with Crippen molar-refractivity contribution in [2.75, 3.05) is 24.6 Å². The van der Waals surface area contributed by atoms with Crippen molar-refractivity contribution < 1.29 is 23.1 Å². The lowest BCUT2D eigenvalue weighted by atomic mass is 10.1. The number of amides is 1. The van der Waals surface area contributed by atoms with E-state index in [2.05, 4.69) is 10.2 Å². The van der Waals surface area contributed by atoms with Gasteiger partial charge in [-0.25, -0.2) is 13.6 Å². The van der Waals surface area contributed by atoms with Crippen molar-refractivity contribution in [3.05, 3.63) is 65.2 Å². The van der Waals surface area contributed by atoms with Gasteiger partial charge in [0.2, 0.25) is 0 Å². The molecule has 0 aliphatic carbocycles. The van der Waals surface area contributed by atoms with E-state index >= 15 is 0 Å². The molecule has 0 saturated carbocycles. The molecule has 1 atom stereocenters. The number of halogens is 2. The van der Waals surface area contributed by atoms with Crippen LogP contribution in [-0.2, 0) is 9.53 Å². The average molecular weight is 390 g/mol. The number of hydrogen-bond donors (Lipinski definition) is 1. The molecular weight excluding hydrogens is 366 g/mol. The lowest BCUT2D eigenvalue weighted by molar-refractivity contribution is -0.124. The first-order valence-corrected chi connectivity index (χ1v) is 9.12. The number of nitrogens with zero attached hydrogens (tertiary/aromatic N) is 1. The Balaban J connectivity index is 1.88. The summed E-state index contributed by atoms with van der Waals surface area (Å²) >= 11 is 0. The molecule has 5 nitrogen and oxygen atoms in total. The van der Waals surface area contributed by atoms with Crippen LogP contribution in [0.1, 0.15) is 42.7 Å². The van der Waals surface area contributed by atoms with E-state index in [-0.39, 0.29) is 5.56 Å². The SMILES string of the molecule is CCN(CC)c1ccc(C(=O)OCC(=O)N[C@H](C)c2ccc(F)cc2F)cc1. The Morgan fingerprint density at radius 1 is 1.07 bits per heavy atom. The predicted octanol–water partition coefficient (Wildman–Crippen LogP) is 3.85. The van der Waals surface area contributed by atoms with E-state index in [0.717, 1.165) is 30.9 Å². The Bertz CT molecular complexity index is 821. The third-order valence-corrected chi connectivity index (χ3v) is 4.37. The van der Waals surface area contributed by atoms with E-state index in [4.69, 9.17) is 4.74 Å². The molecule has 0 spiro atoms. The molecule has 28 heavy (non-hydrogen) atoms. The number of carbonyl (C=O) groups excluding carboxylic acids is 2. The predicted molar refractivity (Wildman–Crippen MR) is 103 cm³/mol. The van der Waals surface area contributed by atoms with Gasteiger partial charge in [-0.1, -0.05) is 6.07 Å². The Kier molecular flexibility index (Phi) is 7.49. The maximum Gasteiger partial charge on any atom is 0.338 e. The van der Waals surface area contributed by atoms with Crippen LogP contribution in [-0.4, -0.2) is 31.6 Å². The molecule has 150 valence electrons. The van der Waals surface area contributed by atoms with Crippen LogP contribution in [0.15, 0.2) is 42.5 Å². The highest BCUT2D eigenvalue weighted by Gasteiger charge is 2.16. The number of nitrogens with one attached hydrogen (secondary N) is 1. The fourth-order valence-electron chi connectivity index (χ4n) is 2.83. The second-order valence-corrected chi connectivity index (χ2v) is 6.25. The maximum absolute atomic E-state index is 13.7. The quantitative estimate of drug-likeness (QED) is 0.696. The van der Waals surface area contributed by atoms with Crippen molar-refractivity contribution in [1.29, 1.82) is 0 Å². The Labute approximate surface area is 163 Å². The number of anilines is 1. The second-order valence-electron chi connectivity index (χ2n) is 6.25. The summed E-state index contributed by atoms with van der Waals surface area (Å²) in [6.45, 7) is 6.86. The number of esters is 1. The van der Waals surface area contributed by atoms with Crippen LogP contribution in [0.4, 0.5) is 14.5 Å². The van der Waals surface area contributed by atoms with Gasteiger partial charge in [-0.2, -0.15) is 0 Å². The second kappa shape index (κ2) is 9.82. The molecule has 0 unspecified atom stereocenters. The van der Waals surface area contributed by atoms with Crippen molar-refractivity contribution in [2.24, 2.45) is 0 Å². The van der Waals surface area contributed by atoms with E-state index < -0.39 is 36.2 Å². The third kappa shape index (κ3) is 5.52. The number of carbonyl (C=O) groups is 2. The maximum atomic E-state index is 13.7. The number of rotatable bonds is 8. The van der Waals surface area contributed by atoms with Crippen molar-refractivity contribution >= 4 is 17.6 Å². The summed E-state index contributed by atoms with van der Waals surface area (Å²) in [6, 6.07) is 9.36. The van der Waals surface area contributed by atoms with Crippen LogP contribution < -0.4 is 10.2 Å². The standard InChI is InChI=1S/C21H24F2N2O3/c1-4-25(5-2)17-9-6-15(7-10-17)21(27)28-13-20(26)24-14(3)18-11-8-16(22)12-19(18)23/h6-12,14H,4-5,13H2,1-3H3,(H,24,26)/t14-/m1/s1. The summed E-state index contributed by atoms with van der Waals surface area (Å²) in [7, 11) is 0. The largest absolute Gasteiger partial charge is 0.452 e. The molecule has 0 aromatic heterocycles. The minimum Gasteiger partial charge on any atom is -0.452 e. The van der Waals surface area contributed by atoms with Gasteiger partial charge in [0, 0.05) is 30.4 Å². The molecule has 2 rings (SSSR count). The molecule has 0 heterocycles. The van der Waals surface area contributed by atoms with Gasteiger partial charge in [-0.05, 0) is 51.1 Å². The molecule has 1 N–H and O–H groups in total. The van der Waals surface area contributed by atoms with Crippen LogP contribution in [0.25, 0.3) is 0 Å². The highest BCUT2D eigenvalue weighted by Crippen LogP contribution is 2.18. The first-order chi connectivity index (χ1) is 13.3. The van der Waals surface area contributed by atoms with Crippen molar-refractivity contribution in [2.45, 2.75) is 26.8 Å². The minimum absolute atomic E-state index is 0.146. The molecular formula is C21H24F2N2O3. The highest BCUT2D eigenvalue weighted by atomic mass is 19.1. The summed E-state index contributed by atoms with van der Waals surface area (Å²) in [5.41, 5.74) is 1.48. The van der Waals surface area contributed by atoms with Gasteiger partial charge < -0.3 is 15.0 Å². The molecule has 0 aliphatic rings. The Morgan fingerprint density at radius 3 is 2.29 bits per heavy atom. The van der Waals surface area contributed by atoms with Crippen LogP contribution in [0, 0.1) is 11.6 Å². The first kappa shape index (κ1) is 21.3. The molecule has 2 aromatic rings. The fraction of sp³-hybridized carbons (Fsp3) is 0.333. The summed E-state index contributed by atoms with van der Waals surface area (Å²) in [5, 5.41) is 2.52. The van der Waals surface area contributed by atoms with Crippen molar-refractivity contribution in [3.63, 3.8) is 0 Å². The van der Waals surface area contributed by atoms with Crippen LogP contribution >= 0.6 is 0 Å². The molecule has 7 heteroatoms. The van der Waals surface area contributed by atoms with Gasteiger partial charge in [0.1, 0.15) is 11.6 Å².